The zero-order chi connectivity index (χ0) is 11.3. The molecule has 0 saturated heterocycles. The molecular weight excluding hydrogens is 198 g/mol. The van der Waals surface area contributed by atoms with Crippen molar-refractivity contribution in [1.29, 1.82) is 0 Å². The average molecular weight is 213 g/mol. The summed E-state index contributed by atoms with van der Waals surface area (Å²) in [5.74, 6) is 0. The van der Waals surface area contributed by atoms with E-state index in [9.17, 15) is 10.2 Å². The SMILES string of the molecule is OCCC(O)C(O)c1cc(CO)ccn1. The molecule has 2 unspecified atom stereocenters. The smallest absolute Gasteiger partial charge is 0.122 e. The van der Waals surface area contributed by atoms with Crippen LogP contribution in [-0.2, 0) is 6.61 Å². The Balaban J connectivity index is 2.76. The molecule has 15 heavy (non-hydrogen) atoms. The molecule has 0 saturated carbocycles. The molecule has 0 amide bonds. The molecule has 0 aromatic carbocycles. The summed E-state index contributed by atoms with van der Waals surface area (Å²) in [6.45, 7) is -0.337. The molecule has 0 fully saturated rings. The minimum Gasteiger partial charge on any atom is -0.396 e. The van der Waals surface area contributed by atoms with Crippen LogP contribution in [0.5, 0.6) is 0 Å². The largest absolute Gasteiger partial charge is 0.396 e. The minimum absolute atomic E-state index is 0.0895. The highest BCUT2D eigenvalue weighted by Crippen LogP contribution is 2.17. The molecule has 0 bridgehead atoms. The van der Waals surface area contributed by atoms with E-state index in [2.05, 4.69) is 4.98 Å². The van der Waals surface area contributed by atoms with E-state index in [-0.39, 0.29) is 19.6 Å². The van der Waals surface area contributed by atoms with Crippen LogP contribution in [-0.4, -0.2) is 38.1 Å². The highest BCUT2D eigenvalue weighted by atomic mass is 16.3. The van der Waals surface area contributed by atoms with Crippen molar-refractivity contribution >= 4 is 0 Å². The molecule has 1 aromatic rings. The number of aliphatic hydroxyl groups is 4. The van der Waals surface area contributed by atoms with E-state index in [0.717, 1.165) is 0 Å². The zero-order valence-electron chi connectivity index (χ0n) is 8.24. The third kappa shape index (κ3) is 3.24. The van der Waals surface area contributed by atoms with Crippen LogP contribution in [0.3, 0.4) is 0 Å². The maximum absolute atomic E-state index is 9.63. The first kappa shape index (κ1) is 12.1. The molecule has 5 nitrogen and oxygen atoms in total. The van der Waals surface area contributed by atoms with Gasteiger partial charge in [0.25, 0.3) is 0 Å². The van der Waals surface area contributed by atoms with Gasteiger partial charge in [0, 0.05) is 12.8 Å². The summed E-state index contributed by atoms with van der Waals surface area (Å²) in [6.07, 6.45) is -0.637. The Labute approximate surface area is 87.7 Å². The molecule has 5 heteroatoms. The summed E-state index contributed by atoms with van der Waals surface area (Å²) in [5.41, 5.74) is 0.915. The van der Waals surface area contributed by atoms with Crippen LogP contribution < -0.4 is 0 Å². The van der Waals surface area contributed by atoms with Crippen LogP contribution in [0.15, 0.2) is 18.3 Å². The Morgan fingerprint density at radius 2 is 2.00 bits per heavy atom. The first-order valence-corrected chi connectivity index (χ1v) is 4.71. The Morgan fingerprint density at radius 3 is 2.60 bits per heavy atom. The maximum Gasteiger partial charge on any atom is 0.122 e. The molecule has 0 aliphatic carbocycles. The predicted molar refractivity (Wildman–Crippen MR) is 52.8 cm³/mol. The van der Waals surface area contributed by atoms with Crippen LogP contribution in [0.2, 0.25) is 0 Å². The molecule has 1 aromatic heterocycles. The monoisotopic (exact) mass is 213 g/mol. The fourth-order valence-corrected chi connectivity index (χ4v) is 1.24. The summed E-state index contributed by atoms with van der Waals surface area (Å²) in [6, 6.07) is 3.14. The fourth-order valence-electron chi connectivity index (χ4n) is 1.24. The van der Waals surface area contributed by atoms with E-state index < -0.39 is 12.2 Å². The van der Waals surface area contributed by atoms with Gasteiger partial charge in [-0.3, -0.25) is 4.98 Å². The van der Waals surface area contributed by atoms with Gasteiger partial charge in [0.15, 0.2) is 0 Å². The van der Waals surface area contributed by atoms with Crippen LogP contribution in [0.25, 0.3) is 0 Å². The second-order valence-electron chi connectivity index (χ2n) is 3.27. The first-order valence-electron chi connectivity index (χ1n) is 4.71. The lowest BCUT2D eigenvalue weighted by atomic mass is 10.1. The van der Waals surface area contributed by atoms with Gasteiger partial charge in [-0.2, -0.15) is 0 Å². The van der Waals surface area contributed by atoms with Gasteiger partial charge in [-0.25, -0.2) is 0 Å². The number of nitrogens with zero attached hydrogens (tertiary/aromatic N) is 1. The normalized spacial score (nSPS) is 14.9. The van der Waals surface area contributed by atoms with Gasteiger partial charge in [-0.15, -0.1) is 0 Å². The lowest BCUT2D eigenvalue weighted by Gasteiger charge is -2.16. The molecule has 84 valence electrons. The molecule has 0 aliphatic heterocycles. The van der Waals surface area contributed by atoms with Crippen LogP contribution in [0.4, 0.5) is 0 Å². The molecule has 2 atom stereocenters. The highest BCUT2D eigenvalue weighted by molar-refractivity contribution is 5.17. The minimum atomic E-state index is -1.14. The summed E-state index contributed by atoms with van der Waals surface area (Å²) < 4.78 is 0. The van der Waals surface area contributed by atoms with Crippen molar-refractivity contribution in [2.45, 2.75) is 25.2 Å². The fraction of sp³-hybridized carbons (Fsp3) is 0.500. The lowest BCUT2D eigenvalue weighted by molar-refractivity contribution is 0.00183. The van der Waals surface area contributed by atoms with Crippen molar-refractivity contribution < 1.29 is 20.4 Å². The molecule has 0 radical (unpaired) electrons. The van der Waals surface area contributed by atoms with Crippen LogP contribution in [0, 0.1) is 0 Å². The molecule has 4 N–H and O–H groups in total. The van der Waals surface area contributed by atoms with E-state index >= 15 is 0 Å². The molecule has 1 rings (SSSR count). The Hall–Kier alpha value is -1.01. The average Bonchev–Trinajstić information content (AvgIpc) is 2.28. The first-order chi connectivity index (χ1) is 7.19. The second kappa shape index (κ2) is 5.77. The summed E-state index contributed by atoms with van der Waals surface area (Å²) in [4.78, 5) is 3.89. The lowest BCUT2D eigenvalue weighted by Crippen LogP contribution is -2.20. The van der Waals surface area contributed by atoms with Crippen molar-refractivity contribution in [2.75, 3.05) is 6.61 Å². The standard InChI is InChI=1S/C10H15NO4/c12-4-2-9(14)10(15)8-5-7(6-13)1-3-11-8/h1,3,5,9-10,12-15H,2,4,6H2. The molecular formula is C10H15NO4. The quantitative estimate of drug-likeness (QED) is 0.521. The summed E-state index contributed by atoms with van der Waals surface area (Å²) in [7, 11) is 0. The van der Waals surface area contributed by atoms with E-state index in [4.69, 9.17) is 10.2 Å². The number of aromatic nitrogens is 1. The van der Waals surface area contributed by atoms with Gasteiger partial charge in [-0.05, 0) is 24.1 Å². The zero-order valence-corrected chi connectivity index (χ0v) is 8.24. The number of hydrogen-bond acceptors (Lipinski definition) is 5. The Kier molecular flexibility index (Phi) is 4.64. The van der Waals surface area contributed by atoms with Crippen LogP contribution >= 0.6 is 0 Å². The van der Waals surface area contributed by atoms with Crippen molar-refractivity contribution in [1.82, 2.24) is 4.98 Å². The van der Waals surface area contributed by atoms with Crippen molar-refractivity contribution in [3.63, 3.8) is 0 Å². The van der Waals surface area contributed by atoms with Gasteiger partial charge >= 0.3 is 0 Å². The van der Waals surface area contributed by atoms with Crippen LogP contribution in [0.1, 0.15) is 23.8 Å². The Morgan fingerprint density at radius 1 is 1.27 bits per heavy atom. The van der Waals surface area contributed by atoms with E-state index in [1.54, 1.807) is 6.07 Å². The van der Waals surface area contributed by atoms with Gasteiger partial charge in [0.05, 0.1) is 18.4 Å². The summed E-state index contributed by atoms with van der Waals surface area (Å²) >= 11 is 0. The van der Waals surface area contributed by atoms with E-state index in [1.165, 1.54) is 12.3 Å². The third-order valence-corrected chi connectivity index (χ3v) is 2.12. The number of pyridine rings is 1. The van der Waals surface area contributed by atoms with Gasteiger partial charge in [0.1, 0.15) is 6.10 Å². The van der Waals surface area contributed by atoms with Crippen molar-refractivity contribution in [2.24, 2.45) is 0 Å². The number of hydrogen-bond donors (Lipinski definition) is 4. The number of aliphatic hydroxyl groups excluding tert-OH is 4. The van der Waals surface area contributed by atoms with Crippen molar-refractivity contribution in [3.05, 3.63) is 29.6 Å². The number of rotatable bonds is 5. The highest BCUT2D eigenvalue weighted by Gasteiger charge is 2.19. The topological polar surface area (TPSA) is 93.8 Å². The maximum atomic E-state index is 9.63. The molecule has 0 aliphatic rings. The van der Waals surface area contributed by atoms with Gasteiger partial charge in [-0.1, -0.05) is 0 Å². The Bertz CT molecular complexity index is 305. The van der Waals surface area contributed by atoms with Gasteiger partial charge in [0.2, 0.25) is 0 Å². The van der Waals surface area contributed by atoms with E-state index in [0.29, 0.717) is 11.3 Å². The summed E-state index contributed by atoms with van der Waals surface area (Å²) in [5, 5.41) is 36.5. The van der Waals surface area contributed by atoms with E-state index in [1.807, 2.05) is 0 Å². The third-order valence-electron chi connectivity index (χ3n) is 2.12. The van der Waals surface area contributed by atoms with Gasteiger partial charge < -0.3 is 20.4 Å². The molecule has 0 spiro atoms. The molecule has 1 heterocycles. The van der Waals surface area contributed by atoms with Crippen molar-refractivity contribution in [3.8, 4) is 0 Å². The predicted octanol–water partition coefficient (Wildman–Crippen LogP) is -0.649. The second-order valence-corrected chi connectivity index (χ2v) is 3.27.